The fraction of sp³-hybridized carbons (Fsp3) is 0.182. The Balaban J connectivity index is 1.22. The Labute approximate surface area is 257 Å². The molecule has 0 radical (unpaired) electrons. The van der Waals surface area contributed by atoms with Crippen LogP contribution in [0, 0.1) is 0 Å². The molecule has 222 valence electrons. The molecule has 1 fully saturated rings. The van der Waals surface area contributed by atoms with Crippen molar-refractivity contribution in [2.24, 2.45) is 0 Å². The van der Waals surface area contributed by atoms with E-state index in [0.717, 1.165) is 11.1 Å². The van der Waals surface area contributed by atoms with Crippen LogP contribution in [0.3, 0.4) is 0 Å². The number of hydrogen-bond acceptors (Lipinski definition) is 9. The highest BCUT2D eigenvalue weighted by molar-refractivity contribution is 7.99. The maximum Gasteiger partial charge on any atom is 0.338 e. The molecule has 44 heavy (non-hydrogen) atoms. The van der Waals surface area contributed by atoms with Crippen molar-refractivity contribution >= 4 is 40.4 Å². The molecule has 11 heteroatoms. The Morgan fingerprint density at radius 3 is 2.52 bits per heavy atom. The molecule has 1 aliphatic heterocycles. The summed E-state index contributed by atoms with van der Waals surface area (Å²) in [5.41, 5.74) is 4.61. The molecule has 3 atom stereocenters. The fourth-order valence-corrected chi connectivity index (χ4v) is 5.89. The van der Waals surface area contributed by atoms with E-state index in [9.17, 15) is 19.8 Å². The number of hydrogen-bond donors (Lipinski definition) is 3. The molecule has 1 amide bonds. The van der Waals surface area contributed by atoms with Gasteiger partial charge in [0.05, 0.1) is 41.6 Å². The number of carboxylic acids is 1. The van der Waals surface area contributed by atoms with Gasteiger partial charge in [0, 0.05) is 29.6 Å². The zero-order valence-corrected chi connectivity index (χ0v) is 24.2. The molecule has 2 aromatic heterocycles. The molecule has 3 heterocycles. The first kappa shape index (κ1) is 29.4. The first-order chi connectivity index (χ1) is 21.5. The fourth-order valence-electron chi connectivity index (χ4n) is 4.89. The summed E-state index contributed by atoms with van der Waals surface area (Å²) < 4.78 is 12.8. The molecule has 0 bridgehead atoms. The Hall–Kier alpha value is -4.68. The minimum Gasteiger partial charge on any atom is -0.478 e. The van der Waals surface area contributed by atoms with E-state index >= 15 is 0 Å². The lowest BCUT2D eigenvalue weighted by Gasteiger charge is -2.36. The van der Waals surface area contributed by atoms with Crippen LogP contribution >= 0.6 is 11.8 Å². The predicted octanol–water partition coefficient (Wildman–Crippen LogP) is 5.81. The van der Waals surface area contributed by atoms with Gasteiger partial charge in [0.15, 0.2) is 6.29 Å². The van der Waals surface area contributed by atoms with Crippen LogP contribution in [-0.4, -0.2) is 48.9 Å². The number of aliphatic hydroxyl groups is 1. The van der Waals surface area contributed by atoms with E-state index in [1.807, 2.05) is 48.5 Å². The number of para-hydroxylation sites is 2. The number of aliphatic hydroxyl groups excluding tert-OH is 1. The summed E-state index contributed by atoms with van der Waals surface area (Å²) in [6, 6.07) is 25.2. The van der Waals surface area contributed by atoms with Crippen LogP contribution in [0.4, 0.5) is 5.69 Å². The molecule has 0 unspecified atom stereocenters. The van der Waals surface area contributed by atoms with E-state index in [4.69, 9.17) is 9.47 Å². The Kier molecular flexibility index (Phi) is 8.89. The van der Waals surface area contributed by atoms with E-state index in [2.05, 4.69) is 20.3 Å². The van der Waals surface area contributed by atoms with Gasteiger partial charge < -0.3 is 25.0 Å². The van der Waals surface area contributed by atoms with Crippen LogP contribution < -0.4 is 5.32 Å². The van der Waals surface area contributed by atoms with Crippen molar-refractivity contribution in [1.82, 2.24) is 15.0 Å². The van der Waals surface area contributed by atoms with Gasteiger partial charge in [-0.15, -0.1) is 11.8 Å². The SMILES string of the molecule is O=C(Nc1cccc([C@@H]2O[C@H](CSc3ncccc3C(=O)O)C[C@H](c3ccc(CO)cc3)O2)c1)c1cnc2ccccc2n1. The molecule has 6 rings (SSSR count). The Bertz CT molecular complexity index is 1800. The van der Waals surface area contributed by atoms with E-state index in [1.54, 1.807) is 36.5 Å². The molecule has 5 aromatic rings. The molecule has 10 nitrogen and oxygen atoms in total. The highest BCUT2D eigenvalue weighted by Crippen LogP contribution is 2.40. The molecule has 1 saturated heterocycles. The van der Waals surface area contributed by atoms with Crippen molar-refractivity contribution in [1.29, 1.82) is 0 Å². The number of ether oxygens (including phenoxy) is 2. The molecule has 0 saturated carbocycles. The number of nitrogens with one attached hydrogen (secondary N) is 1. The van der Waals surface area contributed by atoms with Crippen molar-refractivity contribution in [3.05, 3.63) is 125 Å². The summed E-state index contributed by atoms with van der Waals surface area (Å²) in [7, 11) is 0. The lowest BCUT2D eigenvalue weighted by molar-refractivity contribution is -0.245. The third-order valence-electron chi connectivity index (χ3n) is 7.12. The monoisotopic (exact) mass is 608 g/mol. The third-order valence-corrected chi connectivity index (χ3v) is 8.26. The third kappa shape index (κ3) is 6.76. The number of carboxylic acid groups (broad SMARTS) is 1. The van der Waals surface area contributed by atoms with Crippen LogP contribution in [0.2, 0.25) is 0 Å². The number of nitrogens with zero attached hydrogens (tertiary/aromatic N) is 3. The zero-order valence-electron chi connectivity index (χ0n) is 23.4. The number of pyridine rings is 1. The normalized spacial score (nSPS) is 18.2. The molecule has 3 aromatic carbocycles. The van der Waals surface area contributed by atoms with Crippen molar-refractivity contribution in [2.45, 2.75) is 36.6 Å². The predicted molar refractivity (Wildman–Crippen MR) is 164 cm³/mol. The highest BCUT2D eigenvalue weighted by Gasteiger charge is 2.33. The summed E-state index contributed by atoms with van der Waals surface area (Å²) in [4.78, 5) is 37.8. The summed E-state index contributed by atoms with van der Waals surface area (Å²) in [5.74, 6) is -0.993. The van der Waals surface area contributed by atoms with E-state index in [1.165, 1.54) is 24.0 Å². The van der Waals surface area contributed by atoms with Gasteiger partial charge in [-0.25, -0.2) is 14.8 Å². The average molecular weight is 609 g/mol. The lowest BCUT2D eigenvalue weighted by Crippen LogP contribution is -2.31. The maximum absolute atomic E-state index is 13.0. The van der Waals surface area contributed by atoms with E-state index in [-0.39, 0.29) is 30.1 Å². The summed E-state index contributed by atoms with van der Waals surface area (Å²) in [6.07, 6.45) is 2.13. The Morgan fingerprint density at radius 2 is 1.73 bits per heavy atom. The number of carbonyl (C=O) groups is 2. The van der Waals surface area contributed by atoms with Gasteiger partial charge in [0.25, 0.3) is 5.91 Å². The van der Waals surface area contributed by atoms with Gasteiger partial charge in [-0.05, 0) is 47.5 Å². The number of fused-ring (bicyclic) bond motifs is 1. The Morgan fingerprint density at radius 1 is 0.909 bits per heavy atom. The minimum absolute atomic E-state index is 0.0594. The van der Waals surface area contributed by atoms with Crippen molar-refractivity contribution < 1.29 is 29.3 Å². The second-order valence-electron chi connectivity index (χ2n) is 10.1. The van der Waals surface area contributed by atoms with Crippen molar-refractivity contribution in [3.63, 3.8) is 0 Å². The second-order valence-corrected chi connectivity index (χ2v) is 11.2. The molecule has 0 aliphatic carbocycles. The molecular weight excluding hydrogens is 580 g/mol. The molecule has 1 aliphatic rings. The zero-order chi connectivity index (χ0) is 30.5. The number of thioether (sulfide) groups is 1. The topological polar surface area (TPSA) is 144 Å². The van der Waals surface area contributed by atoms with Crippen LogP contribution in [0.5, 0.6) is 0 Å². The van der Waals surface area contributed by atoms with Gasteiger partial charge in [-0.1, -0.05) is 48.5 Å². The second kappa shape index (κ2) is 13.3. The van der Waals surface area contributed by atoms with Crippen LogP contribution in [0.25, 0.3) is 11.0 Å². The van der Waals surface area contributed by atoms with Crippen molar-refractivity contribution in [2.75, 3.05) is 11.1 Å². The van der Waals surface area contributed by atoms with Crippen LogP contribution in [-0.2, 0) is 16.1 Å². The number of anilines is 1. The smallest absolute Gasteiger partial charge is 0.338 e. The van der Waals surface area contributed by atoms with Gasteiger partial charge in [-0.3, -0.25) is 9.78 Å². The molecule has 3 N–H and O–H groups in total. The van der Waals surface area contributed by atoms with Gasteiger partial charge in [0.2, 0.25) is 0 Å². The number of benzene rings is 3. The lowest BCUT2D eigenvalue weighted by atomic mass is 10.0. The number of rotatable bonds is 9. The summed E-state index contributed by atoms with van der Waals surface area (Å²) in [5, 5.41) is 22.4. The quantitative estimate of drug-likeness (QED) is 0.176. The standard InChI is InChI=1S/C33H28N4O6S/c38-18-20-10-12-21(13-11-20)29-16-24(19-44-31-25(32(40)41)7-4-14-34-31)42-33(43-29)22-5-3-6-23(15-22)36-30(39)28-17-35-26-8-1-2-9-27(26)37-28/h1-15,17,24,29,33,38H,16,18-19H2,(H,36,39)(H,40,41)/t24-,29+,33+/m0/s1. The van der Waals surface area contributed by atoms with Crippen molar-refractivity contribution in [3.8, 4) is 0 Å². The first-order valence-corrected chi connectivity index (χ1v) is 14.9. The number of carbonyl (C=O) groups excluding carboxylic acids is 1. The maximum atomic E-state index is 13.0. The molecular formula is C33H28N4O6S. The minimum atomic E-state index is -1.04. The number of aromatic carboxylic acids is 1. The summed E-state index contributed by atoms with van der Waals surface area (Å²) >= 11 is 1.32. The van der Waals surface area contributed by atoms with E-state index in [0.29, 0.717) is 39.5 Å². The number of aromatic nitrogens is 3. The van der Waals surface area contributed by atoms with Gasteiger partial charge in [-0.2, -0.15) is 0 Å². The molecule has 0 spiro atoms. The van der Waals surface area contributed by atoms with E-state index < -0.39 is 18.2 Å². The summed E-state index contributed by atoms with van der Waals surface area (Å²) in [6.45, 7) is -0.0594. The average Bonchev–Trinajstić information content (AvgIpc) is 3.07. The number of amides is 1. The van der Waals surface area contributed by atoms with Crippen LogP contribution in [0.1, 0.15) is 56.4 Å². The van der Waals surface area contributed by atoms with Gasteiger partial charge >= 0.3 is 5.97 Å². The highest BCUT2D eigenvalue weighted by atomic mass is 32.2. The first-order valence-electron chi connectivity index (χ1n) is 13.9. The largest absolute Gasteiger partial charge is 0.478 e. The van der Waals surface area contributed by atoms with Crippen LogP contribution in [0.15, 0.2) is 102 Å². The van der Waals surface area contributed by atoms with Gasteiger partial charge in [0.1, 0.15) is 10.7 Å².